The van der Waals surface area contributed by atoms with E-state index in [2.05, 4.69) is 11.9 Å². The van der Waals surface area contributed by atoms with E-state index in [1.54, 1.807) is 16.5 Å². The number of carbonyl (C=O) groups excluding carboxylic acids is 2. The van der Waals surface area contributed by atoms with Gasteiger partial charge in [-0.2, -0.15) is 0 Å². The predicted octanol–water partition coefficient (Wildman–Crippen LogP) is 1.71. The smallest absolute Gasteiger partial charge is 0.312 e. The normalized spacial score (nSPS) is 28.8. The molecule has 3 amide bonds. The van der Waals surface area contributed by atoms with Crippen LogP contribution in [0.25, 0.3) is 0 Å². The van der Waals surface area contributed by atoms with Crippen molar-refractivity contribution in [3.63, 3.8) is 0 Å². The molecule has 2 atom stereocenters. The first-order valence-corrected chi connectivity index (χ1v) is 6.60. The first-order valence-electron chi connectivity index (χ1n) is 5.72. The SMILES string of the molecule is C[C@@H]1CCN2C(=O)N(c3nccs3)C(=O)[C@H]2C1. The summed E-state index contributed by atoms with van der Waals surface area (Å²) in [6.45, 7) is 2.80. The van der Waals surface area contributed by atoms with Gasteiger partial charge in [0.05, 0.1) is 0 Å². The number of nitrogens with zero attached hydrogens (tertiary/aromatic N) is 3. The van der Waals surface area contributed by atoms with E-state index in [4.69, 9.17) is 0 Å². The zero-order valence-electron chi connectivity index (χ0n) is 9.50. The first-order chi connectivity index (χ1) is 8.18. The number of aromatic nitrogens is 1. The summed E-state index contributed by atoms with van der Waals surface area (Å²) in [5.41, 5.74) is 0. The molecular weight excluding hydrogens is 238 g/mol. The minimum absolute atomic E-state index is 0.114. The van der Waals surface area contributed by atoms with Crippen molar-refractivity contribution in [2.45, 2.75) is 25.8 Å². The predicted molar refractivity (Wildman–Crippen MR) is 63.9 cm³/mol. The Morgan fingerprint density at radius 2 is 2.29 bits per heavy atom. The monoisotopic (exact) mass is 251 g/mol. The molecule has 1 aromatic rings. The number of rotatable bonds is 1. The molecule has 0 radical (unpaired) electrons. The fourth-order valence-electron chi connectivity index (χ4n) is 2.48. The molecule has 0 aromatic carbocycles. The molecule has 6 heteroatoms. The molecule has 0 unspecified atom stereocenters. The fraction of sp³-hybridized carbons (Fsp3) is 0.545. The van der Waals surface area contributed by atoms with Crippen molar-refractivity contribution in [1.29, 1.82) is 0 Å². The lowest BCUT2D eigenvalue weighted by molar-refractivity contribution is -0.120. The van der Waals surface area contributed by atoms with Gasteiger partial charge in [0.25, 0.3) is 5.91 Å². The van der Waals surface area contributed by atoms with Gasteiger partial charge in [-0.15, -0.1) is 11.3 Å². The van der Waals surface area contributed by atoms with Gasteiger partial charge in [-0.3, -0.25) is 4.79 Å². The molecule has 5 nitrogen and oxygen atoms in total. The summed E-state index contributed by atoms with van der Waals surface area (Å²) in [5, 5.41) is 2.26. The summed E-state index contributed by atoms with van der Waals surface area (Å²) in [6.07, 6.45) is 3.36. The number of carbonyl (C=O) groups is 2. The van der Waals surface area contributed by atoms with Gasteiger partial charge in [-0.25, -0.2) is 14.7 Å². The number of thiazole rings is 1. The average molecular weight is 251 g/mol. The van der Waals surface area contributed by atoms with Crippen LogP contribution in [0.4, 0.5) is 9.93 Å². The molecule has 3 rings (SSSR count). The molecule has 0 N–H and O–H groups in total. The molecular formula is C11H13N3O2S. The molecule has 17 heavy (non-hydrogen) atoms. The van der Waals surface area contributed by atoms with Crippen LogP contribution in [0.3, 0.4) is 0 Å². The molecule has 3 heterocycles. The summed E-state index contributed by atoms with van der Waals surface area (Å²) in [7, 11) is 0. The molecule has 2 aliphatic heterocycles. The minimum atomic E-state index is -0.268. The van der Waals surface area contributed by atoms with Gasteiger partial charge in [0.15, 0.2) is 0 Å². The Bertz CT molecular complexity index is 459. The molecule has 0 bridgehead atoms. The maximum absolute atomic E-state index is 12.2. The summed E-state index contributed by atoms with van der Waals surface area (Å²) in [5.74, 6) is 0.390. The first kappa shape index (κ1) is 10.7. The van der Waals surface area contributed by atoms with Crippen LogP contribution in [0.5, 0.6) is 0 Å². The van der Waals surface area contributed by atoms with Crippen LogP contribution in [-0.2, 0) is 4.79 Å². The van der Waals surface area contributed by atoms with E-state index < -0.39 is 0 Å². The number of urea groups is 1. The Labute approximate surface area is 103 Å². The zero-order chi connectivity index (χ0) is 12.0. The number of piperidine rings is 1. The summed E-state index contributed by atoms with van der Waals surface area (Å²) in [4.78, 5) is 31.3. The van der Waals surface area contributed by atoms with Crippen LogP contribution in [0.1, 0.15) is 19.8 Å². The largest absolute Gasteiger partial charge is 0.333 e. The van der Waals surface area contributed by atoms with E-state index in [1.165, 1.54) is 16.2 Å². The Morgan fingerprint density at radius 3 is 3.00 bits per heavy atom. The lowest BCUT2D eigenvalue weighted by Gasteiger charge is -2.30. The van der Waals surface area contributed by atoms with E-state index in [-0.39, 0.29) is 18.0 Å². The average Bonchev–Trinajstić information content (AvgIpc) is 2.88. The molecule has 90 valence electrons. The molecule has 0 saturated carbocycles. The topological polar surface area (TPSA) is 53.5 Å². The molecule has 2 aliphatic rings. The van der Waals surface area contributed by atoms with Crippen molar-refractivity contribution in [3.05, 3.63) is 11.6 Å². The van der Waals surface area contributed by atoms with E-state index in [0.29, 0.717) is 17.6 Å². The maximum Gasteiger partial charge on any atom is 0.333 e. The third-order valence-electron chi connectivity index (χ3n) is 3.42. The van der Waals surface area contributed by atoms with E-state index in [9.17, 15) is 9.59 Å². The highest BCUT2D eigenvalue weighted by Crippen LogP contribution is 2.33. The third kappa shape index (κ3) is 1.55. The highest BCUT2D eigenvalue weighted by atomic mass is 32.1. The number of imide groups is 1. The lowest BCUT2D eigenvalue weighted by atomic mass is 9.93. The number of hydrogen-bond acceptors (Lipinski definition) is 4. The highest BCUT2D eigenvalue weighted by Gasteiger charge is 2.48. The van der Waals surface area contributed by atoms with Crippen LogP contribution in [0, 0.1) is 5.92 Å². The van der Waals surface area contributed by atoms with Crippen molar-refractivity contribution < 1.29 is 9.59 Å². The Hall–Kier alpha value is -1.43. The van der Waals surface area contributed by atoms with Crippen LogP contribution < -0.4 is 4.90 Å². The summed E-state index contributed by atoms with van der Waals surface area (Å²) in [6, 6.07) is -0.475. The van der Waals surface area contributed by atoms with E-state index >= 15 is 0 Å². The maximum atomic E-state index is 12.2. The number of amides is 3. The fourth-order valence-corrected chi connectivity index (χ4v) is 3.12. The van der Waals surface area contributed by atoms with Crippen LogP contribution in [-0.4, -0.2) is 34.4 Å². The number of fused-ring (bicyclic) bond motifs is 1. The zero-order valence-corrected chi connectivity index (χ0v) is 10.3. The van der Waals surface area contributed by atoms with Crippen molar-refractivity contribution >= 4 is 28.4 Å². The van der Waals surface area contributed by atoms with E-state index in [0.717, 1.165) is 12.8 Å². The standard InChI is InChI=1S/C11H13N3O2S/c1-7-2-4-13-8(6-7)9(15)14(11(13)16)10-12-3-5-17-10/h3,5,7-8H,2,4,6H2,1H3/t7-,8-/m1/s1. The summed E-state index contributed by atoms with van der Waals surface area (Å²) >= 11 is 1.32. The Balaban J connectivity index is 1.93. The third-order valence-corrected chi connectivity index (χ3v) is 4.17. The van der Waals surface area contributed by atoms with Gasteiger partial charge >= 0.3 is 6.03 Å². The molecule has 0 aliphatic carbocycles. The molecule has 2 fully saturated rings. The van der Waals surface area contributed by atoms with Gasteiger partial charge in [0.1, 0.15) is 6.04 Å². The lowest BCUT2D eigenvalue weighted by Crippen LogP contribution is -2.41. The highest BCUT2D eigenvalue weighted by molar-refractivity contribution is 7.14. The molecule has 2 saturated heterocycles. The van der Waals surface area contributed by atoms with Crippen LogP contribution in [0.2, 0.25) is 0 Å². The van der Waals surface area contributed by atoms with Crippen LogP contribution >= 0.6 is 11.3 Å². The van der Waals surface area contributed by atoms with Gasteiger partial charge < -0.3 is 4.90 Å². The summed E-state index contributed by atoms with van der Waals surface area (Å²) < 4.78 is 0. The minimum Gasteiger partial charge on any atom is -0.312 e. The van der Waals surface area contributed by atoms with Crippen molar-refractivity contribution in [2.24, 2.45) is 5.92 Å². The van der Waals surface area contributed by atoms with Crippen LogP contribution in [0.15, 0.2) is 11.6 Å². The van der Waals surface area contributed by atoms with Crippen molar-refractivity contribution in [1.82, 2.24) is 9.88 Å². The van der Waals surface area contributed by atoms with Crippen molar-refractivity contribution in [3.8, 4) is 0 Å². The van der Waals surface area contributed by atoms with Crippen molar-refractivity contribution in [2.75, 3.05) is 11.4 Å². The second-order valence-electron chi connectivity index (χ2n) is 4.61. The quantitative estimate of drug-likeness (QED) is 0.714. The second kappa shape index (κ2) is 3.80. The van der Waals surface area contributed by atoms with Gasteiger partial charge in [-0.05, 0) is 18.8 Å². The number of hydrogen-bond donors (Lipinski definition) is 0. The molecule has 1 aromatic heterocycles. The number of anilines is 1. The van der Waals surface area contributed by atoms with Gasteiger partial charge in [0, 0.05) is 18.1 Å². The second-order valence-corrected chi connectivity index (χ2v) is 5.48. The Kier molecular flexibility index (Phi) is 2.39. The van der Waals surface area contributed by atoms with Gasteiger partial charge in [-0.1, -0.05) is 6.92 Å². The Morgan fingerprint density at radius 1 is 1.47 bits per heavy atom. The molecule has 0 spiro atoms. The van der Waals surface area contributed by atoms with Gasteiger partial charge in [0.2, 0.25) is 5.13 Å². The van der Waals surface area contributed by atoms with E-state index in [1.807, 2.05) is 0 Å².